The predicted molar refractivity (Wildman–Crippen MR) is 104 cm³/mol. The molecule has 0 radical (unpaired) electrons. The molecule has 27 heavy (non-hydrogen) atoms. The molecule has 1 amide bonds. The molecule has 1 N–H and O–H groups in total. The Morgan fingerprint density at radius 2 is 1.96 bits per heavy atom. The number of amides is 1. The number of morpholine rings is 1. The molecule has 144 valence electrons. The van der Waals surface area contributed by atoms with Crippen molar-refractivity contribution in [2.75, 3.05) is 39.9 Å². The second-order valence-corrected chi connectivity index (χ2v) is 7.02. The molecular formula is C20H26N4O3. The Labute approximate surface area is 159 Å². The van der Waals surface area contributed by atoms with Gasteiger partial charge in [0.05, 0.1) is 13.2 Å². The molecule has 2 heterocycles. The minimum atomic E-state index is -0.420. The molecule has 1 aliphatic rings. The number of hydrogen-bond acceptors (Lipinski definition) is 5. The van der Waals surface area contributed by atoms with E-state index in [1.54, 1.807) is 11.9 Å². The highest BCUT2D eigenvalue weighted by atomic mass is 16.5. The maximum absolute atomic E-state index is 12.7. The molecule has 1 saturated heterocycles. The van der Waals surface area contributed by atoms with Crippen LogP contribution in [0.3, 0.4) is 0 Å². The van der Waals surface area contributed by atoms with Gasteiger partial charge in [0, 0.05) is 44.5 Å². The summed E-state index contributed by atoms with van der Waals surface area (Å²) in [4.78, 5) is 36.0. The van der Waals surface area contributed by atoms with E-state index in [4.69, 9.17) is 4.74 Å². The van der Waals surface area contributed by atoms with Gasteiger partial charge in [-0.05, 0) is 13.8 Å². The van der Waals surface area contributed by atoms with Crippen LogP contribution >= 0.6 is 0 Å². The van der Waals surface area contributed by atoms with Gasteiger partial charge in [0.15, 0.2) is 0 Å². The number of likely N-dealkylation sites (N-methyl/N-ethyl adjacent to an activating group) is 1. The second kappa shape index (κ2) is 8.45. The van der Waals surface area contributed by atoms with Gasteiger partial charge >= 0.3 is 0 Å². The number of aryl methyl sites for hydroxylation is 1. The molecule has 1 unspecified atom stereocenters. The third-order valence-electron chi connectivity index (χ3n) is 4.91. The van der Waals surface area contributed by atoms with Gasteiger partial charge < -0.3 is 14.6 Å². The molecule has 1 aliphatic heterocycles. The summed E-state index contributed by atoms with van der Waals surface area (Å²) in [6.45, 7) is 7.76. The second-order valence-electron chi connectivity index (χ2n) is 7.02. The van der Waals surface area contributed by atoms with Gasteiger partial charge in [-0.2, -0.15) is 0 Å². The zero-order valence-electron chi connectivity index (χ0n) is 16.1. The Balaban J connectivity index is 1.70. The number of H-pyrrole nitrogens is 1. The van der Waals surface area contributed by atoms with Gasteiger partial charge in [-0.1, -0.05) is 29.8 Å². The molecule has 1 atom stereocenters. The summed E-state index contributed by atoms with van der Waals surface area (Å²) in [5.74, 6) is 0.139. The van der Waals surface area contributed by atoms with Crippen LogP contribution in [0.2, 0.25) is 0 Å². The van der Waals surface area contributed by atoms with Crippen molar-refractivity contribution in [3.05, 3.63) is 51.9 Å². The van der Waals surface area contributed by atoms with Crippen molar-refractivity contribution in [2.24, 2.45) is 0 Å². The minimum absolute atomic E-state index is 0.0579. The van der Waals surface area contributed by atoms with Crippen LogP contribution in [0, 0.1) is 6.92 Å². The fourth-order valence-electron chi connectivity index (χ4n) is 3.22. The van der Waals surface area contributed by atoms with Crippen LogP contribution in [0.5, 0.6) is 0 Å². The molecule has 0 saturated carbocycles. The number of aromatic amines is 1. The Kier molecular flexibility index (Phi) is 6.03. The summed E-state index contributed by atoms with van der Waals surface area (Å²) in [6, 6.07) is 7.89. The summed E-state index contributed by atoms with van der Waals surface area (Å²) in [7, 11) is 1.71. The maximum Gasteiger partial charge on any atom is 0.264 e. The fraction of sp³-hybridized carbons (Fsp3) is 0.450. The summed E-state index contributed by atoms with van der Waals surface area (Å²) < 4.78 is 5.37. The van der Waals surface area contributed by atoms with Crippen molar-refractivity contribution in [1.29, 1.82) is 0 Å². The third-order valence-corrected chi connectivity index (χ3v) is 4.91. The first kappa shape index (κ1) is 19.3. The molecule has 2 aromatic rings. The van der Waals surface area contributed by atoms with Crippen molar-refractivity contribution in [2.45, 2.75) is 19.9 Å². The Morgan fingerprint density at radius 1 is 1.30 bits per heavy atom. The quantitative estimate of drug-likeness (QED) is 0.864. The first-order valence-corrected chi connectivity index (χ1v) is 9.19. The Morgan fingerprint density at radius 3 is 2.59 bits per heavy atom. The minimum Gasteiger partial charge on any atom is -0.379 e. The zero-order chi connectivity index (χ0) is 19.4. The number of nitrogens with one attached hydrogen (secondary N) is 1. The van der Waals surface area contributed by atoms with E-state index in [2.05, 4.69) is 21.8 Å². The molecule has 7 nitrogen and oxygen atoms in total. The lowest BCUT2D eigenvalue weighted by atomic mass is 10.1. The monoisotopic (exact) mass is 370 g/mol. The van der Waals surface area contributed by atoms with Crippen molar-refractivity contribution in [3.8, 4) is 11.4 Å². The number of carbonyl (C=O) groups is 1. The summed E-state index contributed by atoms with van der Waals surface area (Å²) in [6.07, 6.45) is 1.37. The first-order chi connectivity index (χ1) is 13.0. The highest BCUT2D eigenvalue weighted by Gasteiger charge is 2.22. The first-order valence-electron chi connectivity index (χ1n) is 9.19. The SMILES string of the molecule is Cc1ccc(-c2ncc(C(=O)N(C)CC(C)N3CCOCC3)c(=O)[nH]2)cc1. The molecule has 0 aliphatic carbocycles. The lowest BCUT2D eigenvalue weighted by Gasteiger charge is -2.34. The van der Waals surface area contributed by atoms with E-state index in [0.717, 1.165) is 24.2 Å². The molecule has 1 aromatic heterocycles. The van der Waals surface area contributed by atoms with E-state index in [1.807, 2.05) is 31.2 Å². The largest absolute Gasteiger partial charge is 0.379 e. The van der Waals surface area contributed by atoms with Crippen LogP contribution in [-0.4, -0.2) is 71.6 Å². The van der Waals surface area contributed by atoms with E-state index in [1.165, 1.54) is 6.20 Å². The maximum atomic E-state index is 12.7. The number of aromatic nitrogens is 2. The van der Waals surface area contributed by atoms with Crippen molar-refractivity contribution < 1.29 is 9.53 Å². The normalized spacial score (nSPS) is 16.1. The van der Waals surface area contributed by atoms with Crippen molar-refractivity contribution in [3.63, 3.8) is 0 Å². The van der Waals surface area contributed by atoms with Gasteiger partial charge in [0.1, 0.15) is 11.4 Å². The van der Waals surface area contributed by atoms with Crippen molar-refractivity contribution >= 4 is 5.91 Å². The van der Waals surface area contributed by atoms with Gasteiger partial charge in [0.25, 0.3) is 11.5 Å². The molecular weight excluding hydrogens is 344 g/mol. The summed E-state index contributed by atoms with van der Waals surface area (Å²) in [5, 5.41) is 0. The molecule has 0 bridgehead atoms. The highest BCUT2D eigenvalue weighted by Crippen LogP contribution is 2.14. The van der Waals surface area contributed by atoms with Crippen molar-refractivity contribution in [1.82, 2.24) is 19.8 Å². The Bertz CT molecular complexity index is 841. The fourth-order valence-corrected chi connectivity index (χ4v) is 3.22. The average Bonchev–Trinajstić information content (AvgIpc) is 2.68. The van der Waals surface area contributed by atoms with Gasteiger partial charge in [0.2, 0.25) is 0 Å². The molecule has 3 rings (SSSR count). The van der Waals surface area contributed by atoms with Crippen LogP contribution in [0.1, 0.15) is 22.8 Å². The molecule has 1 aromatic carbocycles. The number of ether oxygens (including phenoxy) is 1. The Hall–Kier alpha value is -2.51. The van der Waals surface area contributed by atoms with Crippen LogP contribution in [0.15, 0.2) is 35.3 Å². The van der Waals surface area contributed by atoms with E-state index >= 15 is 0 Å². The zero-order valence-corrected chi connectivity index (χ0v) is 16.1. The van der Waals surface area contributed by atoms with Gasteiger partial charge in [-0.15, -0.1) is 0 Å². The number of rotatable bonds is 5. The van der Waals surface area contributed by atoms with E-state index in [0.29, 0.717) is 25.6 Å². The van der Waals surface area contributed by atoms with Gasteiger partial charge in [-0.25, -0.2) is 4.98 Å². The van der Waals surface area contributed by atoms with E-state index < -0.39 is 5.56 Å². The summed E-state index contributed by atoms with van der Waals surface area (Å²) in [5.41, 5.74) is 1.58. The molecule has 0 spiro atoms. The highest BCUT2D eigenvalue weighted by molar-refractivity contribution is 5.93. The average molecular weight is 370 g/mol. The predicted octanol–water partition coefficient (Wildman–Crippen LogP) is 1.54. The van der Waals surface area contributed by atoms with Crippen LogP contribution < -0.4 is 5.56 Å². The van der Waals surface area contributed by atoms with Crippen LogP contribution in [0.25, 0.3) is 11.4 Å². The number of nitrogens with zero attached hydrogens (tertiary/aromatic N) is 3. The smallest absolute Gasteiger partial charge is 0.264 e. The van der Waals surface area contributed by atoms with Crippen LogP contribution in [-0.2, 0) is 4.74 Å². The number of carbonyl (C=O) groups excluding carboxylic acids is 1. The topological polar surface area (TPSA) is 78.5 Å². The number of benzene rings is 1. The van der Waals surface area contributed by atoms with Crippen LogP contribution in [0.4, 0.5) is 0 Å². The third kappa shape index (κ3) is 4.61. The molecule has 7 heteroatoms. The standard InChI is InChI=1S/C20H26N4O3/c1-14-4-6-16(7-5-14)18-21-12-17(19(25)22-18)20(26)23(3)13-15(2)24-8-10-27-11-9-24/h4-7,12,15H,8-11,13H2,1-3H3,(H,21,22,25). The lowest BCUT2D eigenvalue weighted by Crippen LogP contribution is -2.48. The van der Waals surface area contributed by atoms with E-state index in [9.17, 15) is 9.59 Å². The lowest BCUT2D eigenvalue weighted by molar-refractivity contribution is 0.0142. The van der Waals surface area contributed by atoms with Gasteiger partial charge in [-0.3, -0.25) is 14.5 Å². The van der Waals surface area contributed by atoms with E-state index in [-0.39, 0.29) is 17.5 Å². The molecule has 1 fully saturated rings. The number of hydrogen-bond donors (Lipinski definition) is 1. The summed E-state index contributed by atoms with van der Waals surface area (Å²) >= 11 is 0.